The van der Waals surface area contributed by atoms with Crippen LogP contribution >= 0.6 is 11.3 Å². The predicted molar refractivity (Wildman–Crippen MR) is 69.7 cm³/mol. The molecule has 0 aliphatic carbocycles. The van der Waals surface area contributed by atoms with E-state index in [1.165, 1.54) is 16.2 Å². The van der Waals surface area contributed by atoms with Crippen molar-refractivity contribution in [2.24, 2.45) is 0 Å². The minimum Gasteiger partial charge on any atom is -0.479 e. The summed E-state index contributed by atoms with van der Waals surface area (Å²) in [6.45, 7) is 0.916. The van der Waals surface area contributed by atoms with Crippen LogP contribution in [0.5, 0.6) is 0 Å². The molecule has 0 aromatic carbocycles. The maximum absolute atomic E-state index is 14.0. The molecule has 2 aliphatic heterocycles. The van der Waals surface area contributed by atoms with Crippen molar-refractivity contribution in [2.45, 2.75) is 25.1 Å². The van der Waals surface area contributed by atoms with Gasteiger partial charge < -0.3 is 14.7 Å². The standard InChI is InChI=1S/C13H14FNO4S/c14-13(12(17)18)2-3-15(7-13)11(16)10-5-8-6-19-4-1-9(8)20-10/h5H,1-4,6-7H2,(H,17,18)/t13-/m1/s1. The molecule has 1 saturated heterocycles. The third-order valence-electron chi connectivity index (χ3n) is 3.73. The topological polar surface area (TPSA) is 66.8 Å². The number of carbonyl (C=O) groups excluding carboxylic acids is 1. The van der Waals surface area contributed by atoms with Crippen LogP contribution in [0, 0.1) is 0 Å². The van der Waals surface area contributed by atoms with Gasteiger partial charge in [0, 0.05) is 24.3 Å². The number of halogens is 1. The monoisotopic (exact) mass is 299 g/mol. The molecule has 0 spiro atoms. The lowest BCUT2D eigenvalue weighted by Crippen LogP contribution is -2.38. The molecule has 20 heavy (non-hydrogen) atoms. The third-order valence-corrected chi connectivity index (χ3v) is 4.95. The number of rotatable bonds is 2. The van der Waals surface area contributed by atoms with Crippen LogP contribution in [0.25, 0.3) is 0 Å². The fourth-order valence-corrected chi connectivity index (χ4v) is 3.65. The summed E-state index contributed by atoms with van der Waals surface area (Å²) in [5.41, 5.74) is -1.30. The van der Waals surface area contributed by atoms with Crippen LogP contribution in [0.1, 0.15) is 26.5 Å². The lowest BCUT2D eigenvalue weighted by molar-refractivity contribution is -0.149. The number of hydrogen-bond donors (Lipinski definition) is 1. The molecule has 3 rings (SSSR count). The molecular weight excluding hydrogens is 285 g/mol. The fourth-order valence-electron chi connectivity index (χ4n) is 2.53. The number of carboxylic acid groups (broad SMARTS) is 1. The van der Waals surface area contributed by atoms with E-state index in [1.807, 2.05) is 0 Å². The van der Waals surface area contributed by atoms with Gasteiger partial charge in [-0.25, -0.2) is 9.18 Å². The number of hydrogen-bond acceptors (Lipinski definition) is 4. The summed E-state index contributed by atoms with van der Waals surface area (Å²) in [5.74, 6) is -1.78. The van der Waals surface area contributed by atoms with Gasteiger partial charge in [0.2, 0.25) is 5.67 Å². The number of amides is 1. The molecule has 3 heterocycles. The predicted octanol–water partition coefficient (Wildman–Crippen LogP) is 1.46. The molecule has 7 heteroatoms. The Bertz CT molecular complexity index is 549. The van der Waals surface area contributed by atoms with Crippen molar-refractivity contribution in [3.63, 3.8) is 0 Å². The first kappa shape index (κ1) is 13.5. The Balaban J connectivity index is 1.77. The van der Waals surface area contributed by atoms with Crippen LogP contribution in [0.3, 0.4) is 0 Å². The molecule has 5 nitrogen and oxygen atoms in total. The molecule has 0 saturated carbocycles. The molecule has 0 unspecified atom stereocenters. The minimum absolute atomic E-state index is 0.140. The van der Waals surface area contributed by atoms with E-state index in [0.717, 1.165) is 16.9 Å². The summed E-state index contributed by atoms with van der Waals surface area (Å²) in [4.78, 5) is 26.1. The zero-order valence-electron chi connectivity index (χ0n) is 10.7. The maximum Gasteiger partial charge on any atom is 0.343 e. The number of aliphatic carboxylic acids is 1. The zero-order valence-corrected chi connectivity index (χ0v) is 11.5. The van der Waals surface area contributed by atoms with E-state index in [4.69, 9.17) is 9.84 Å². The summed E-state index contributed by atoms with van der Waals surface area (Å²) < 4.78 is 19.3. The lowest BCUT2D eigenvalue weighted by atomic mass is 10.1. The molecule has 2 aliphatic rings. The highest BCUT2D eigenvalue weighted by molar-refractivity contribution is 7.14. The lowest BCUT2D eigenvalue weighted by Gasteiger charge is -2.16. The number of likely N-dealkylation sites (tertiary alicyclic amines) is 1. The van der Waals surface area contributed by atoms with Gasteiger partial charge in [-0.3, -0.25) is 4.79 Å². The molecule has 1 N–H and O–H groups in total. The second-order valence-corrected chi connectivity index (χ2v) is 6.25. The smallest absolute Gasteiger partial charge is 0.343 e. The Kier molecular flexibility index (Phi) is 3.25. The number of carboxylic acids is 1. The second-order valence-electron chi connectivity index (χ2n) is 5.11. The van der Waals surface area contributed by atoms with Crippen LogP contribution in [-0.4, -0.2) is 47.2 Å². The minimum atomic E-state index is -2.31. The molecule has 0 radical (unpaired) electrons. The third kappa shape index (κ3) is 2.20. The first-order chi connectivity index (χ1) is 9.49. The van der Waals surface area contributed by atoms with E-state index < -0.39 is 11.6 Å². The zero-order chi connectivity index (χ0) is 14.3. The normalized spacial score (nSPS) is 25.6. The highest BCUT2D eigenvalue weighted by Gasteiger charge is 2.47. The van der Waals surface area contributed by atoms with Crippen molar-refractivity contribution in [2.75, 3.05) is 19.7 Å². The Labute approximate surface area is 119 Å². The summed E-state index contributed by atoms with van der Waals surface area (Å²) in [6.07, 6.45) is 0.637. The molecule has 1 aromatic rings. The molecular formula is C13H14FNO4S. The van der Waals surface area contributed by atoms with E-state index in [2.05, 4.69) is 0 Å². The van der Waals surface area contributed by atoms with Gasteiger partial charge in [-0.05, 0) is 11.6 Å². The quantitative estimate of drug-likeness (QED) is 0.898. The van der Waals surface area contributed by atoms with Crippen molar-refractivity contribution >= 4 is 23.2 Å². The van der Waals surface area contributed by atoms with Crippen LogP contribution < -0.4 is 0 Å². The number of ether oxygens (including phenoxy) is 1. The van der Waals surface area contributed by atoms with Gasteiger partial charge in [0.15, 0.2) is 0 Å². The van der Waals surface area contributed by atoms with Crippen molar-refractivity contribution in [3.05, 3.63) is 21.4 Å². The maximum atomic E-state index is 14.0. The van der Waals surface area contributed by atoms with E-state index in [0.29, 0.717) is 18.1 Å². The molecule has 1 amide bonds. The Morgan fingerprint density at radius 1 is 1.50 bits per heavy atom. The number of carbonyl (C=O) groups is 2. The van der Waals surface area contributed by atoms with Gasteiger partial charge in [0.25, 0.3) is 5.91 Å². The average Bonchev–Trinajstić information content (AvgIpc) is 3.02. The van der Waals surface area contributed by atoms with Crippen LogP contribution in [0.4, 0.5) is 4.39 Å². The molecule has 1 fully saturated rings. The van der Waals surface area contributed by atoms with Crippen LogP contribution in [0.2, 0.25) is 0 Å². The highest BCUT2D eigenvalue weighted by atomic mass is 32.1. The van der Waals surface area contributed by atoms with E-state index in [1.54, 1.807) is 6.07 Å². The first-order valence-electron chi connectivity index (χ1n) is 6.40. The molecule has 0 bridgehead atoms. The van der Waals surface area contributed by atoms with Gasteiger partial charge in [-0.15, -0.1) is 11.3 Å². The number of thiophene rings is 1. The summed E-state index contributed by atoms with van der Waals surface area (Å²) in [7, 11) is 0. The van der Waals surface area contributed by atoms with Gasteiger partial charge >= 0.3 is 5.97 Å². The van der Waals surface area contributed by atoms with Crippen molar-refractivity contribution in [3.8, 4) is 0 Å². The van der Waals surface area contributed by atoms with Gasteiger partial charge in [0.1, 0.15) is 0 Å². The molecule has 1 aromatic heterocycles. The number of alkyl halides is 1. The van der Waals surface area contributed by atoms with E-state index in [-0.39, 0.29) is 25.4 Å². The van der Waals surface area contributed by atoms with Crippen LogP contribution in [0.15, 0.2) is 6.07 Å². The summed E-state index contributed by atoms with van der Waals surface area (Å²) >= 11 is 1.40. The van der Waals surface area contributed by atoms with E-state index >= 15 is 0 Å². The first-order valence-corrected chi connectivity index (χ1v) is 7.22. The highest BCUT2D eigenvalue weighted by Crippen LogP contribution is 2.31. The average molecular weight is 299 g/mol. The van der Waals surface area contributed by atoms with Gasteiger partial charge in [0.05, 0.1) is 24.6 Å². The van der Waals surface area contributed by atoms with Crippen molar-refractivity contribution < 1.29 is 23.8 Å². The molecule has 1 atom stereocenters. The Hall–Kier alpha value is -1.47. The Morgan fingerprint density at radius 2 is 2.30 bits per heavy atom. The summed E-state index contributed by atoms with van der Waals surface area (Å²) in [6, 6.07) is 1.78. The Morgan fingerprint density at radius 3 is 2.95 bits per heavy atom. The van der Waals surface area contributed by atoms with Gasteiger partial charge in [-0.2, -0.15) is 0 Å². The number of nitrogens with zero attached hydrogens (tertiary/aromatic N) is 1. The van der Waals surface area contributed by atoms with Crippen LogP contribution in [-0.2, 0) is 22.6 Å². The second kappa shape index (κ2) is 4.82. The van der Waals surface area contributed by atoms with Crippen molar-refractivity contribution in [1.29, 1.82) is 0 Å². The summed E-state index contributed by atoms with van der Waals surface area (Å²) in [5, 5.41) is 8.85. The van der Waals surface area contributed by atoms with Crippen molar-refractivity contribution in [1.82, 2.24) is 4.90 Å². The number of fused-ring (bicyclic) bond motifs is 1. The molecule has 108 valence electrons. The largest absolute Gasteiger partial charge is 0.479 e. The fraction of sp³-hybridized carbons (Fsp3) is 0.538. The van der Waals surface area contributed by atoms with Gasteiger partial charge in [-0.1, -0.05) is 0 Å². The van der Waals surface area contributed by atoms with E-state index in [9.17, 15) is 14.0 Å². The SMILES string of the molecule is O=C(c1cc2c(s1)CCOC2)N1CC[C@](F)(C(=O)O)C1.